The molecule has 24 heavy (non-hydrogen) atoms. The smallest absolute Gasteiger partial charge is 0.224 e. The molecule has 0 heterocycles. The molecule has 0 saturated heterocycles. The summed E-state index contributed by atoms with van der Waals surface area (Å²) in [6.45, 7) is 8.64. The van der Waals surface area contributed by atoms with E-state index in [9.17, 15) is 4.79 Å². The third-order valence-corrected chi connectivity index (χ3v) is 4.27. The molecule has 2 rings (SSSR count). The number of benzene rings is 2. The van der Waals surface area contributed by atoms with Gasteiger partial charge in [-0.05, 0) is 48.6 Å². The Morgan fingerprint density at radius 3 is 2.50 bits per heavy atom. The van der Waals surface area contributed by atoms with E-state index < -0.39 is 0 Å². The molecular formula is C21H27NO2. The van der Waals surface area contributed by atoms with Crippen LogP contribution < -0.4 is 10.1 Å². The van der Waals surface area contributed by atoms with Crippen LogP contribution in [0.1, 0.15) is 49.4 Å². The number of rotatable bonds is 7. The van der Waals surface area contributed by atoms with Gasteiger partial charge in [-0.15, -0.1) is 0 Å². The van der Waals surface area contributed by atoms with Gasteiger partial charge in [0.2, 0.25) is 5.91 Å². The number of carbonyl (C=O) groups is 1. The van der Waals surface area contributed by atoms with Gasteiger partial charge in [0.15, 0.2) is 0 Å². The Balaban J connectivity index is 2.23. The number of anilines is 1. The van der Waals surface area contributed by atoms with Crippen molar-refractivity contribution < 1.29 is 9.53 Å². The number of aryl methyl sites for hydroxylation is 3. The number of nitrogens with one attached hydrogen (secondary N) is 1. The molecule has 1 N–H and O–H groups in total. The van der Waals surface area contributed by atoms with Crippen LogP contribution in [0.5, 0.6) is 5.75 Å². The molecule has 128 valence electrons. The molecule has 2 aromatic carbocycles. The first kappa shape index (κ1) is 18.1. The predicted molar refractivity (Wildman–Crippen MR) is 99.6 cm³/mol. The monoisotopic (exact) mass is 325 g/mol. The van der Waals surface area contributed by atoms with Crippen LogP contribution in [0.4, 0.5) is 5.69 Å². The third-order valence-electron chi connectivity index (χ3n) is 4.27. The first-order valence-electron chi connectivity index (χ1n) is 8.71. The SMILES string of the molecule is CCC(=O)Nc1cccc(CC)c1COc1ccc(CC)cc1C. The molecule has 2 aromatic rings. The molecule has 0 bridgehead atoms. The van der Waals surface area contributed by atoms with Gasteiger partial charge in [0, 0.05) is 17.7 Å². The van der Waals surface area contributed by atoms with Crippen molar-refractivity contribution >= 4 is 11.6 Å². The van der Waals surface area contributed by atoms with Gasteiger partial charge in [-0.25, -0.2) is 0 Å². The van der Waals surface area contributed by atoms with E-state index in [-0.39, 0.29) is 5.91 Å². The highest BCUT2D eigenvalue weighted by atomic mass is 16.5. The van der Waals surface area contributed by atoms with Gasteiger partial charge < -0.3 is 10.1 Å². The first-order valence-corrected chi connectivity index (χ1v) is 8.71. The van der Waals surface area contributed by atoms with Crippen molar-refractivity contribution in [1.29, 1.82) is 0 Å². The van der Waals surface area contributed by atoms with Crippen molar-refractivity contribution in [2.45, 2.75) is 53.6 Å². The van der Waals surface area contributed by atoms with Gasteiger partial charge in [0.05, 0.1) is 0 Å². The molecule has 3 nitrogen and oxygen atoms in total. The van der Waals surface area contributed by atoms with Crippen molar-refractivity contribution in [3.05, 3.63) is 58.7 Å². The first-order chi connectivity index (χ1) is 11.6. The molecule has 0 aromatic heterocycles. The zero-order chi connectivity index (χ0) is 17.5. The Morgan fingerprint density at radius 2 is 1.88 bits per heavy atom. The Kier molecular flexibility index (Phi) is 6.42. The minimum Gasteiger partial charge on any atom is -0.489 e. The maximum absolute atomic E-state index is 11.8. The van der Waals surface area contributed by atoms with Crippen LogP contribution in [0.3, 0.4) is 0 Å². The minimum atomic E-state index is 0.0213. The Morgan fingerprint density at radius 1 is 1.08 bits per heavy atom. The second kappa shape index (κ2) is 8.53. The highest BCUT2D eigenvalue weighted by Gasteiger charge is 2.11. The van der Waals surface area contributed by atoms with E-state index in [0.717, 1.165) is 35.4 Å². The quantitative estimate of drug-likeness (QED) is 0.774. The Labute approximate surface area is 145 Å². The van der Waals surface area contributed by atoms with Crippen LogP contribution in [-0.4, -0.2) is 5.91 Å². The molecular weight excluding hydrogens is 298 g/mol. The Hall–Kier alpha value is -2.29. The zero-order valence-electron chi connectivity index (χ0n) is 15.1. The highest BCUT2D eigenvalue weighted by Crippen LogP contribution is 2.25. The normalized spacial score (nSPS) is 10.5. The average molecular weight is 325 g/mol. The van der Waals surface area contributed by atoms with Crippen LogP contribution in [0.15, 0.2) is 36.4 Å². The van der Waals surface area contributed by atoms with Crippen LogP contribution in [-0.2, 0) is 24.2 Å². The topological polar surface area (TPSA) is 38.3 Å². The predicted octanol–water partition coefficient (Wildman–Crippen LogP) is 5.05. The number of ether oxygens (including phenoxy) is 1. The molecule has 0 fully saturated rings. The van der Waals surface area contributed by atoms with E-state index in [0.29, 0.717) is 13.0 Å². The van der Waals surface area contributed by atoms with Crippen LogP contribution in [0, 0.1) is 6.92 Å². The largest absolute Gasteiger partial charge is 0.489 e. The van der Waals surface area contributed by atoms with Crippen LogP contribution in [0.25, 0.3) is 0 Å². The summed E-state index contributed by atoms with van der Waals surface area (Å²) in [4.78, 5) is 11.8. The number of hydrogen-bond donors (Lipinski definition) is 1. The van der Waals surface area contributed by atoms with Gasteiger partial charge in [-0.1, -0.05) is 45.0 Å². The lowest BCUT2D eigenvalue weighted by Crippen LogP contribution is -2.13. The summed E-state index contributed by atoms with van der Waals surface area (Å²) < 4.78 is 6.07. The fourth-order valence-corrected chi connectivity index (χ4v) is 2.74. The molecule has 1 amide bonds. The fourth-order valence-electron chi connectivity index (χ4n) is 2.74. The lowest BCUT2D eigenvalue weighted by atomic mass is 10.0. The summed E-state index contributed by atoms with van der Waals surface area (Å²) in [5, 5.41) is 2.99. The van der Waals surface area contributed by atoms with E-state index in [1.165, 1.54) is 11.1 Å². The molecule has 0 unspecified atom stereocenters. The standard InChI is InChI=1S/C21H27NO2/c1-5-16-11-12-20(15(4)13-16)24-14-18-17(6-2)9-8-10-19(18)22-21(23)7-3/h8-13H,5-7,14H2,1-4H3,(H,22,23). The number of hydrogen-bond acceptors (Lipinski definition) is 2. The maximum Gasteiger partial charge on any atom is 0.224 e. The second-order valence-corrected chi connectivity index (χ2v) is 5.94. The maximum atomic E-state index is 11.8. The third kappa shape index (κ3) is 4.38. The second-order valence-electron chi connectivity index (χ2n) is 5.94. The molecule has 0 aliphatic carbocycles. The van der Waals surface area contributed by atoms with Crippen molar-refractivity contribution in [3.8, 4) is 5.75 Å². The number of carbonyl (C=O) groups excluding carboxylic acids is 1. The lowest BCUT2D eigenvalue weighted by Gasteiger charge is -2.17. The summed E-state index contributed by atoms with van der Waals surface area (Å²) in [7, 11) is 0. The summed E-state index contributed by atoms with van der Waals surface area (Å²) >= 11 is 0. The average Bonchev–Trinajstić information content (AvgIpc) is 2.60. The molecule has 0 spiro atoms. The van der Waals surface area contributed by atoms with Gasteiger partial charge in [0.1, 0.15) is 12.4 Å². The van der Waals surface area contributed by atoms with Crippen LogP contribution >= 0.6 is 0 Å². The van der Waals surface area contributed by atoms with Crippen molar-refractivity contribution in [1.82, 2.24) is 0 Å². The van der Waals surface area contributed by atoms with Crippen molar-refractivity contribution in [2.75, 3.05) is 5.32 Å². The van der Waals surface area contributed by atoms with Crippen LogP contribution in [0.2, 0.25) is 0 Å². The van der Waals surface area contributed by atoms with E-state index in [1.807, 2.05) is 25.1 Å². The van der Waals surface area contributed by atoms with Gasteiger partial charge in [0.25, 0.3) is 0 Å². The summed E-state index contributed by atoms with van der Waals surface area (Å²) in [5.41, 5.74) is 5.56. The van der Waals surface area contributed by atoms with E-state index in [2.05, 4.69) is 44.3 Å². The molecule has 0 saturated carbocycles. The van der Waals surface area contributed by atoms with E-state index >= 15 is 0 Å². The van der Waals surface area contributed by atoms with Gasteiger partial charge in [-0.2, -0.15) is 0 Å². The van der Waals surface area contributed by atoms with Crippen molar-refractivity contribution in [3.63, 3.8) is 0 Å². The molecule has 0 aliphatic heterocycles. The summed E-state index contributed by atoms with van der Waals surface area (Å²) in [5.74, 6) is 0.916. The minimum absolute atomic E-state index is 0.0213. The zero-order valence-corrected chi connectivity index (χ0v) is 15.1. The number of amides is 1. The molecule has 0 aliphatic rings. The molecule has 0 radical (unpaired) electrons. The van der Waals surface area contributed by atoms with E-state index in [1.54, 1.807) is 0 Å². The Bertz CT molecular complexity index is 707. The van der Waals surface area contributed by atoms with Gasteiger partial charge >= 0.3 is 0 Å². The summed E-state index contributed by atoms with van der Waals surface area (Å²) in [6, 6.07) is 12.3. The lowest BCUT2D eigenvalue weighted by molar-refractivity contribution is -0.115. The van der Waals surface area contributed by atoms with E-state index in [4.69, 9.17) is 4.74 Å². The van der Waals surface area contributed by atoms with Gasteiger partial charge in [-0.3, -0.25) is 4.79 Å². The molecule has 0 atom stereocenters. The summed E-state index contributed by atoms with van der Waals surface area (Å²) in [6.07, 6.45) is 2.39. The fraction of sp³-hybridized carbons (Fsp3) is 0.381. The molecule has 3 heteroatoms. The highest BCUT2D eigenvalue weighted by molar-refractivity contribution is 5.91. The van der Waals surface area contributed by atoms with Crippen molar-refractivity contribution in [2.24, 2.45) is 0 Å².